The van der Waals surface area contributed by atoms with E-state index >= 15 is 0 Å². The molecule has 6 nitrogen and oxygen atoms in total. The van der Waals surface area contributed by atoms with Gasteiger partial charge in [-0.1, -0.05) is 0 Å². The lowest BCUT2D eigenvalue weighted by molar-refractivity contribution is 0.0292. The van der Waals surface area contributed by atoms with E-state index in [1.165, 1.54) is 0 Å². The molecule has 3 rings (SSSR count). The molecule has 1 atom stereocenters. The van der Waals surface area contributed by atoms with E-state index in [2.05, 4.69) is 10.00 Å². The Balaban J connectivity index is 1.67. The molecule has 2 aliphatic rings. The molecule has 1 unspecified atom stereocenters. The summed E-state index contributed by atoms with van der Waals surface area (Å²) in [4.78, 5) is 2.19. The zero-order chi connectivity index (χ0) is 15.1. The first kappa shape index (κ1) is 15.0. The van der Waals surface area contributed by atoms with Crippen LogP contribution in [0.2, 0.25) is 0 Å². The van der Waals surface area contributed by atoms with Crippen LogP contribution < -0.4 is 0 Å². The maximum absolute atomic E-state index is 12.4. The van der Waals surface area contributed by atoms with E-state index in [0.29, 0.717) is 32.1 Å². The van der Waals surface area contributed by atoms with Gasteiger partial charge in [0.1, 0.15) is 4.75 Å². The van der Waals surface area contributed by atoms with Crippen molar-refractivity contribution in [2.24, 2.45) is 13.0 Å². The van der Waals surface area contributed by atoms with Gasteiger partial charge in [-0.25, -0.2) is 8.42 Å². The van der Waals surface area contributed by atoms with Crippen molar-refractivity contribution < 1.29 is 13.2 Å². The van der Waals surface area contributed by atoms with E-state index < -0.39 is 14.6 Å². The third kappa shape index (κ3) is 2.51. The topological polar surface area (TPSA) is 64.4 Å². The van der Waals surface area contributed by atoms with Crippen molar-refractivity contribution in [3.05, 3.63) is 18.0 Å². The Morgan fingerprint density at radius 2 is 2.24 bits per heavy atom. The summed E-state index contributed by atoms with van der Waals surface area (Å²) >= 11 is 0. The number of aryl methyl sites for hydroxylation is 1. The number of rotatable bonds is 5. The van der Waals surface area contributed by atoms with Gasteiger partial charge >= 0.3 is 0 Å². The Hall–Kier alpha value is -0.920. The molecule has 21 heavy (non-hydrogen) atoms. The molecule has 0 N–H and O–H groups in total. The lowest BCUT2D eigenvalue weighted by atomic mass is 9.83. The fourth-order valence-corrected chi connectivity index (χ4v) is 6.06. The van der Waals surface area contributed by atoms with E-state index in [1.807, 2.05) is 26.4 Å². The van der Waals surface area contributed by atoms with Gasteiger partial charge in [0.15, 0.2) is 9.84 Å². The summed E-state index contributed by atoms with van der Waals surface area (Å²) in [6.45, 7) is 5.19. The standard InChI is InChI=1S/C14H23N3O3S/c1-3-20-9-13-4-5-21(18,19)14(13)10-17(11-14)8-12-6-15-16(2)7-12/h6-7,13H,3-5,8-11H2,1-2H3. The van der Waals surface area contributed by atoms with Crippen molar-refractivity contribution in [3.63, 3.8) is 0 Å². The number of ether oxygens (including phenoxy) is 1. The summed E-state index contributed by atoms with van der Waals surface area (Å²) in [7, 11) is -1.10. The molecule has 0 bridgehead atoms. The van der Waals surface area contributed by atoms with Crippen molar-refractivity contribution in [1.29, 1.82) is 0 Å². The molecule has 0 aromatic carbocycles. The van der Waals surface area contributed by atoms with Crippen LogP contribution in [-0.2, 0) is 28.2 Å². The van der Waals surface area contributed by atoms with Gasteiger partial charge in [-0.05, 0) is 13.3 Å². The van der Waals surface area contributed by atoms with E-state index in [1.54, 1.807) is 4.68 Å². The molecule has 0 saturated carbocycles. The molecule has 2 aliphatic heterocycles. The molecule has 0 aliphatic carbocycles. The summed E-state index contributed by atoms with van der Waals surface area (Å²) in [6.07, 6.45) is 4.56. The lowest BCUT2D eigenvalue weighted by Crippen LogP contribution is -2.67. The van der Waals surface area contributed by atoms with Crippen LogP contribution >= 0.6 is 0 Å². The molecule has 1 spiro atoms. The second kappa shape index (κ2) is 5.37. The number of hydrogen-bond acceptors (Lipinski definition) is 5. The smallest absolute Gasteiger partial charge is 0.158 e. The molecule has 7 heteroatoms. The van der Waals surface area contributed by atoms with Gasteiger partial charge in [0, 0.05) is 51.0 Å². The largest absolute Gasteiger partial charge is 0.381 e. The van der Waals surface area contributed by atoms with Crippen molar-refractivity contribution in [3.8, 4) is 0 Å². The van der Waals surface area contributed by atoms with Crippen LogP contribution in [-0.4, -0.2) is 59.9 Å². The van der Waals surface area contributed by atoms with Crippen LogP contribution in [0.25, 0.3) is 0 Å². The second-order valence-corrected chi connectivity index (χ2v) is 8.65. The predicted octanol–water partition coefficient (Wildman–Crippen LogP) is 0.446. The highest BCUT2D eigenvalue weighted by molar-refractivity contribution is 7.93. The highest BCUT2D eigenvalue weighted by atomic mass is 32.2. The van der Waals surface area contributed by atoms with Gasteiger partial charge < -0.3 is 4.74 Å². The molecule has 2 fully saturated rings. The molecular formula is C14H23N3O3S. The average Bonchev–Trinajstić information content (AvgIpc) is 2.89. The van der Waals surface area contributed by atoms with E-state index in [9.17, 15) is 8.42 Å². The quantitative estimate of drug-likeness (QED) is 0.789. The Morgan fingerprint density at radius 3 is 2.86 bits per heavy atom. The Kier molecular flexibility index (Phi) is 3.83. The fourth-order valence-electron chi connectivity index (χ4n) is 3.60. The minimum absolute atomic E-state index is 0.146. The van der Waals surface area contributed by atoms with E-state index in [4.69, 9.17) is 4.74 Å². The molecular weight excluding hydrogens is 290 g/mol. The maximum atomic E-state index is 12.4. The monoisotopic (exact) mass is 313 g/mol. The van der Waals surface area contributed by atoms with Gasteiger partial charge in [0.2, 0.25) is 0 Å². The molecule has 1 aromatic rings. The van der Waals surface area contributed by atoms with Crippen molar-refractivity contribution in [2.45, 2.75) is 24.6 Å². The van der Waals surface area contributed by atoms with Crippen LogP contribution in [0.15, 0.2) is 12.4 Å². The molecule has 0 radical (unpaired) electrons. The summed E-state index contributed by atoms with van der Waals surface area (Å²) in [5, 5.41) is 4.15. The van der Waals surface area contributed by atoms with Crippen LogP contribution in [0.3, 0.4) is 0 Å². The van der Waals surface area contributed by atoms with E-state index in [0.717, 1.165) is 18.5 Å². The number of likely N-dealkylation sites (tertiary alicyclic amines) is 1. The van der Waals surface area contributed by atoms with E-state index in [-0.39, 0.29) is 5.92 Å². The van der Waals surface area contributed by atoms with Gasteiger partial charge in [-0.3, -0.25) is 9.58 Å². The molecule has 0 amide bonds. The van der Waals surface area contributed by atoms with Gasteiger partial charge in [-0.2, -0.15) is 5.10 Å². The first-order valence-corrected chi connectivity index (χ1v) is 9.12. The summed E-state index contributed by atoms with van der Waals surface area (Å²) < 4.78 is 31.6. The molecule has 3 heterocycles. The Bertz CT molecular complexity index is 605. The number of aromatic nitrogens is 2. The van der Waals surface area contributed by atoms with Gasteiger partial charge in [0.25, 0.3) is 0 Å². The highest BCUT2D eigenvalue weighted by Gasteiger charge is 2.61. The van der Waals surface area contributed by atoms with Crippen LogP contribution in [0, 0.1) is 5.92 Å². The Morgan fingerprint density at radius 1 is 1.48 bits per heavy atom. The van der Waals surface area contributed by atoms with Crippen LogP contribution in [0.4, 0.5) is 0 Å². The van der Waals surface area contributed by atoms with Crippen LogP contribution in [0.1, 0.15) is 18.9 Å². The van der Waals surface area contributed by atoms with Gasteiger partial charge in [-0.15, -0.1) is 0 Å². The number of hydrogen-bond donors (Lipinski definition) is 0. The highest BCUT2D eigenvalue weighted by Crippen LogP contribution is 2.45. The molecule has 2 saturated heterocycles. The third-order valence-corrected chi connectivity index (χ3v) is 7.37. The molecule has 1 aromatic heterocycles. The maximum Gasteiger partial charge on any atom is 0.158 e. The summed E-state index contributed by atoms with van der Waals surface area (Å²) in [5.41, 5.74) is 1.13. The summed E-state index contributed by atoms with van der Waals surface area (Å²) in [5.74, 6) is 0.457. The average molecular weight is 313 g/mol. The third-order valence-electron chi connectivity index (χ3n) is 4.77. The van der Waals surface area contributed by atoms with Crippen LogP contribution in [0.5, 0.6) is 0 Å². The SMILES string of the molecule is CCOCC1CCS(=O)(=O)C12CN(Cc1cnn(C)c1)C2. The van der Waals surface area contributed by atoms with Crippen molar-refractivity contribution in [2.75, 3.05) is 32.1 Å². The predicted molar refractivity (Wildman–Crippen MR) is 79.6 cm³/mol. The van der Waals surface area contributed by atoms with Gasteiger partial charge in [0.05, 0.1) is 18.6 Å². The zero-order valence-electron chi connectivity index (χ0n) is 12.7. The second-order valence-electron chi connectivity index (χ2n) is 6.20. The molecule has 118 valence electrons. The first-order valence-electron chi connectivity index (χ1n) is 7.47. The van der Waals surface area contributed by atoms with Crippen molar-refractivity contribution in [1.82, 2.24) is 14.7 Å². The minimum Gasteiger partial charge on any atom is -0.381 e. The first-order chi connectivity index (χ1) is 9.97. The minimum atomic E-state index is -2.99. The zero-order valence-corrected chi connectivity index (χ0v) is 13.5. The number of nitrogens with zero attached hydrogens (tertiary/aromatic N) is 3. The summed E-state index contributed by atoms with van der Waals surface area (Å²) in [6, 6.07) is 0. The Labute approximate surface area is 126 Å². The normalized spacial score (nSPS) is 27.0. The number of sulfone groups is 1. The fraction of sp³-hybridized carbons (Fsp3) is 0.786. The van der Waals surface area contributed by atoms with Crippen molar-refractivity contribution >= 4 is 9.84 Å². The lowest BCUT2D eigenvalue weighted by Gasteiger charge is -2.50.